The number of halogens is 1. The number of hydrogen-bond acceptors (Lipinski definition) is 1. The first-order valence-electron chi connectivity index (χ1n) is 6.36. The molecule has 0 heterocycles. The molecule has 2 aromatic carbocycles. The summed E-state index contributed by atoms with van der Waals surface area (Å²) < 4.78 is 13.2. The van der Waals surface area contributed by atoms with Gasteiger partial charge >= 0.3 is 5.97 Å². The Morgan fingerprint density at radius 1 is 1.15 bits per heavy atom. The van der Waals surface area contributed by atoms with Crippen molar-refractivity contribution in [2.24, 2.45) is 0 Å². The normalized spacial score (nSPS) is 12.4. The van der Waals surface area contributed by atoms with Crippen LogP contribution >= 0.6 is 0 Å². The maximum Gasteiger partial charge on any atom is 0.311 e. The molecule has 2 aromatic rings. The molecule has 1 atom stereocenters. The summed E-state index contributed by atoms with van der Waals surface area (Å²) in [4.78, 5) is 11.3. The fourth-order valence-corrected chi connectivity index (χ4v) is 2.01. The zero-order valence-electron chi connectivity index (χ0n) is 10.9. The molecule has 0 saturated carbocycles. The molecule has 2 rings (SSSR count). The summed E-state index contributed by atoms with van der Waals surface area (Å²) in [5, 5.41) is 9.26. The second-order valence-corrected chi connectivity index (χ2v) is 4.49. The highest BCUT2D eigenvalue weighted by Crippen LogP contribution is 2.22. The minimum atomic E-state index is -0.951. The predicted molar refractivity (Wildman–Crippen MR) is 76.9 cm³/mol. The van der Waals surface area contributed by atoms with Gasteiger partial charge in [0.2, 0.25) is 0 Å². The molecule has 3 heteroatoms. The smallest absolute Gasteiger partial charge is 0.311 e. The number of allylic oxidation sites excluding steroid dienone is 1. The van der Waals surface area contributed by atoms with E-state index in [-0.39, 0.29) is 0 Å². The highest BCUT2D eigenvalue weighted by molar-refractivity contribution is 5.76. The summed E-state index contributed by atoms with van der Waals surface area (Å²) in [6, 6.07) is 15.4. The zero-order chi connectivity index (χ0) is 14.4. The largest absolute Gasteiger partial charge is 0.481 e. The van der Waals surface area contributed by atoms with Crippen LogP contribution in [-0.2, 0) is 4.79 Å². The van der Waals surface area contributed by atoms with Crippen molar-refractivity contribution in [1.82, 2.24) is 0 Å². The molecule has 0 bridgehead atoms. The molecule has 0 saturated heterocycles. The minimum absolute atomic E-state index is 0.327. The van der Waals surface area contributed by atoms with Gasteiger partial charge in [-0.25, -0.2) is 4.39 Å². The Labute approximate surface area is 117 Å². The van der Waals surface area contributed by atoms with Gasteiger partial charge in [-0.15, -0.1) is 0 Å². The lowest BCUT2D eigenvalue weighted by atomic mass is 9.95. The molecule has 0 amide bonds. The first-order valence-corrected chi connectivity index (χ1v) is 6.36. The van der Waals surface area contributed by atoms with E-state index in [1.807, 2.05) is 36.4 Å². The van der Waals surface area contributed by atoms with Crippen LogP contribution in [0.5, 0.6) is 0 Å². The fraction of sp³-hybridized carbons (Fsp3) is 0.118. The third-order valence-corrected chi connectivity index (χ3v) is 3.03. The van der Waals surface area contributed by atoms with Gasteiger partial charge in [0.25, 0.3) is 0 Å². The molecule has 102 valence electrons. The molecule has 0 fully saturated rings. The number of carbonyl (C=O) groups is 1. The fourth-order valence-electron chi connectivity index (χ4n) is 2.01. The van der Waals surface area contributed by atoms with Gasteiger partial charge < -0.3 is 5.11 Å². The van der Waals surface area contributed by atoms with E-state index in [1.54, 1.807) is 12.1 Å². The second kappa shape index (κ2) is 6.66. The Morgan fingerprint density at radius 3 is 2.55 bits per heavy atom. The van der Waals surface area contributed by atoms with Gasteiger partial charge in [0, 0.05) is 0 Å². The maximum atomic E-state index is 13.2. The van der Waals surface area contributed by atoms with E-state index in [2.05, 4.69) is 0 Å². The average molecular weight is 270 g/mol. The van der Waals surface area contributed by atoms with E-state index < -0.39 is 17.7 Å². The number of carboxylic acid groups (broad SMARTS) is 1. The van der Waals surface area contributed by atoms with Crippen LogP contribution in [0.3, 0.4) is 0 Å². The van der Waals surface area contributed by atoms with Gasteiger partial charge in [-0.05, 0) is 29.7 Å². The highest BCUT2D eigenvalue weighted by Gasteiger charge is 2.18. The molecule has 0 aliphatic heterocycles. The van der Waals surface area contributed by atoms with Crippen LogP contribution in [0, 0.1) is 5.82 Å². The van der Waals surface area contributed by atoms with Crippen molar-refractivity contribution in [3.05, 3.63) is 77.6 Å². The van der Waals surface area contributed by atoms with Crippen LogP contribution in [0.4, 0.5) is 4.39 Å². The van der Waals surface area contributed by atoms with E-state index in [0.29, 0.717) is 12.0 Å². The first-order chi connectivity index (χ1) is 9.66. The Bertz CT molecular complexity index is 605. The minimum Gasteiger partial charge on any atom is -0.481 e. The molecule has 0 radical (unpaired) electrons. The number of rotatable bonds is 5. The molecule has 0 aromatic heterocycles. The van der Waals surface area contributed by atoms with Crippen molar-refractivity contribution in [3.8, 4) is 0 Å². The molecule has 0 spiro atoms. The second-order valence-electron chi connectivity index (χ2n) is 4.49. The average Bonchev–Trinajstić information content (AvgIpc) is 2.44. The summed E-state index contributed by atoms with van der Waals surface area (Å²) in [7, 11) is 0. The molecule has 2 nitrogen and oxygen atoms in total. The van der Waals surface area contributed by atoms with E-state index in [9.17, 15) is 14.3 Å². The standard InChI is InChI=1S/C17H15FO2/c18-15-10-5-9-14(12-15)16(17(19)20)11-4-8-13-6-2-1-3-7-13/h1-10,12,16H,11H2,(H,19,20). The Hall–Kier alpha value is -2.42. The number of aliphatic carboxylic acids is 1. The molecular weight excluding hydrogens is 255 g/mol. The van der Waals surface area contributed by atoms with Gasteiger partial charge in [-0.3, -0.25) is 4.79 Å². The summed E-state index contributed by atoms with van der Waals surface area (Å²) in [6.45, 7) is 0. The van der Waals surface area contributed by atoms with Gasteiger partial charge in [-0.1, -0.05) is 54.6 Å². The lowest BCUT2D eigenvalue weighted by Gasteiger charge is -2.10. The van der Waals surface area contributed by atoms with Crippen molar-refractivity contribution in [3.63, 3.8) is 0 Å². The van der Waals surface area contributed by atoms with Crippen LogP contribution in [-0.4, -0.2) is 11.1 Å². The third kappa shape index (κ3) is 3.79. The molecule has 20 heavy (non-hydrogen) atoms. The quantitative estimate of drug-likeness (QED) is 0.888. The molecule has 1 unspecified atom stereocenters. The topological polar surface area (TPSA) is 37.3 Å². The first kappa shape index (κ1) is 14.0. The zero-order valence-corrected chi connectivity index (χ0v) is 10.9. The third-order valence-electron chi connectivity index (χ3n) is 3.03. The van der Waals surface area contributed by atoms with Crippen molar-refractivity contribution in [2.75, 3.05) is 0 Å². The van der Waals surface area contributed by atoms with Gasteiger partial charge in [0.1, 0.15) is 5.82 Å². The number of carboxylic acids is 1. The van der Waals surface area contributed by atoms with E-state index in [4.69, 9.17) is 0 Å². The molecule has 0 aliphatic carbocycles. The number of hydrogen-bond donors (Lipinski definition) is 1. The van der Waals surface area contributed by atoms with Crippen LogP contribution < -0.4 is 0 Å². The monoisotopic (exact) mass is 270 g/mol. The van der Waals surface area contributed by atoms with Crippen LogP contribution in [0.25, 0.3) is 6.08 Å². The lowest BCUT2D eigenvalue weighted by molar-refractivity contribution is -0.138. The van der Waals surface area contributed by atoms with E-state index in [0.717, 1.165) is 5.56 Å². The van der Waals surface area contributed by atoms with Crippen LogP contribution in [0.2, 0.25) is 0 Å². The Morgan fingerprint density at radius 2 is 1.90 bits per heavy atom. The van der Waals surface area contributed by atoms with Crippen molar-refractivity contribution in [1.29, 1.82) is 0 Å². The molecule has 0 aliphatic rings. The van der Waals surface area contributed by atoms with Crippen molar-refractivity contribution < 1.29 is 14.3 Å². The van der Waals surface area contributed by atoms with E-state index >= 15 is 0 Å². The predicted octanol–water partition coefficient (Wildman–Crippen LogP) is 4.10. The Balaban J connectivity index is 2.11. The summed E-state index contributed by atoms with van der Waals surface area (Å²) >= 11 is 0. The summed E-state index contributed by atoms with van der Waals surface area (Å²) in [5.41, 5.74) is 1.49. The summed E-state index contributed by atoms with van der Waals surface area (Å²) in [6.07, 6.45) is 4.00. The van der Waals surface area contributed by atoms with Crippen LogP contribution in [0.15, 0.2) is 60.7 Å². The Kier molecular flexibility index (Phi) is 4.66. The SMILES string of the molecule is O=C(O)C(CC=Cc1ccccc1)c1cccc(F)c1. The highest BCUT2D eigenvalue weighted by atomic mass is 19.1. The number of benzene rings is 2. The van der Waals surface area contributed by atoms with Crippen molar-refractivity contribution >= 4 is 12.0 Å². The van der Waals surface area contributed by atoms with Crippen molar-refractivity contribution in [2.45, 2.75) is 12.3 Å². The van der Waals surface area contributed by atoms with Gasteiger partial charge in [-0.2, -0.15) is 0 Å². The van der Waals surface area contributed by atoms with E-state index in [1.165, 1.54) is 18.2 Å². The molecule has 1 N–H and O–H groups in total. The molecular formula is C17H15FO2. The van der Waals surface area contributed by atoms with Crippen LogP contribution in [0.1, 0.15) is 23.5 Å². The van der Waals surface area contributed by atoms with Gasteiger partial charge in [0.15, 0.2) is 0 Å². The summed E-state index contributed by atoms with van der Waals surface area (Å²) in [5.74, 6) is -2.10. The van der Waals surface area contributed by atoms with Gasteiger partial charge in [0.05, 0.1) is 5.92 Å². The maximum absolute atomic E-state index is 13.2. The lowest BCUT2D eigenvalue weighted by Crippen LogP contribution is -2.10.